The van der Waals surface area contributed by atoms with Crippen molar-refractivity contribution in [3.05, 3.63) is 28.1 Å². The molecule has 8 heteroatoms. The first-order valence-corrected chi connectivity index (χ1v) is 4.73. The fourth-order valence-electron chi connectivity index (χ4n) is 1.28. The number of alkyl halides is 2. The van der Waals surface area contributed by atoms with Gasteiger partial charge < -0.3 is 4.98 Å². The molecule has 0 atom stereocenters. The third-order valence-corrected chi connectivity index (χ3v) is 2.04. The van der Waals surface area contributed by atoms with Crippen molar-refractivity contribution >= 4 is 11.5 Å². The molecule has 0 aromatic carbocycles. The Morgan fingerprint density at radius 3 is 2.76 bits per heavy atom. The number of nitrogens with zero attached hydrogens (tertiary/aromatic N) is 2. The molecule has 94 valence electrons. The maximum absolute atomic E-state index is 12.0. The number of Topliss-reactive ketones (excluding diaryl/α,β-unsaturated/α-hetero) is 1. The minimum atomic E-state index is -2.52. The monoisotopic (exact) mass is 247 g/mol. The number of carbonyl (C=O) groups is 1. The number of aromatic nitrogens is 1. The number of ketones is 1. The van der Waals surface area contributed by atoms with Gasteiger partial charge in [-0.15, -0.1) is 0 Å². The van der Waals surface area contributed by atoms with Crippen LogP contribution >= 0.6 is 0 Å². The van der Waals surface area contributed by atoms with Crippen molar-refractivity contribution in [1.82, 2.24) is 9.88 Å². The molecule has 0 bridgehead atoms. The molecule has 0 unspecified atom stereocenters. The zero-order valence-electron chi connectivity index (χ0n) is 9.02. The molecule has 1 aromatic rings. The zero-order valence-corrected chi connectivity index (χ0v) is 9.02. The molecule has 0 aliphatic rings. The van der Waals surface area contributed by atoms with Crippen molar-refractivity contribution in [3.8, 4) is 0 Å². The summed E-state index contributed by atoms with van der Waals surface area (Å²) in [6, 6.07) is 1.08. The summed E-state index contributed by atoms with van der Waals surface area (Å²) >= 11 is 0. The van der Waals surface area contributed by atoms with Gasteiger partial charge in [0, 0.05) is 6.07 Å². The van der Waals surface area contributed by atoms with E-state index >= 15 is 0 Å². The molecule has 1 N–H and O–H groups in total. The van der Waals surface area contributed by atoms with E-state index in [9.17, 15) is 23.7 Å². The van der Waals surface area contributed by atoms with Gasteiger partial charge in [-0.3, -0.25) is 19.8 Å². The average molecular weight is 247 g/mol. The number of nitrogens with one attached hydrogen (secondary N) is 1. The summed E-state index contributed by atoms with van der Waals surface area (Å²) in [4.78, 5) is 24.9. The zero-order chi connectivity index (χ0) is 13.0. The Morgan fingerprint density at radius 1 is 1.65 bits per heavy atom. The van der Waals surface area contributed by atoms with E-state index in [1.807, 2.05) is 0 Å². The highest BCUT2D eigenvalue weighted by Crippen LogP contribution is 2.12. The summed E-state index contributed by atoms with van der Waals surface area (Å²) in [5.74, 6) is -0.471. The van der Waals surface area contributed by atoms with Crippen molar-refractivity contribution in [1.29, 1.82) is 0 Å². The van der Waals surface area contributed by atoms with Crippen LogP contribution in [0.4, 0.5) is 14.5 Å². The first kappa shape index (κ1) is 13.2. The Balaban J connectivity index is 2.60. The number of rotatable bonds is 6. The highest BCUT2D eigenvalue weighted by Gasteiger charge is 2.17. The molecule has 17 heavy (non-hydrogen) atoms. The van der Waals surface area contributed by atoms with Crippen LogP contribution in [-0.2, 0) is 0 Å². The molecular weight excluding hydrogens is 236 g/mol. The largest absolute Gasteiger partial charge is 0.353 e. The van der Waals surface area contributed by atoms with Gasteiger partial charge in [0.25, 0.3) is 12.1 Å². The molecule has 1 heterocycles. The van der Waals surface area contributed by atoms with Gasteiger partial charge in [0.2, 0.25) is 0 Å². The van der Waals surface area contributed by atoms with Crippen molar-refractivity contribution < 1.29 is 18.5 Å². The Hall–Kier alpha value is -1.83. The minimum Gasteiger partial charge on any atom is -0.353 e. The van der Waals surface area contributed by atoms with Crippen molar-refractivity contribution in [2.24, 2.45) is 0 Å². The van der Waals surface area contributed by atoms with E-state index in [0.717, 1.165) is 17.2 Å². The standard InChI is InChI=1S/C9H11F2N3O3/c1-13(5-9(10)11)4-8(15)7-2-6(3-12-7)14(16)17/h2-3,9,12H,4-5H2,1H3. The smallest absolute Gasteiger partial charge is 0.287 e. The molecule has 1 rings (SSSR count). The van der Waals surface area contributed by atoms with Gasteiger partial charge in [-0.05, 0) is 7.05 Å². The molecule has 0 fully saturated rings. The second kappa shape index (κ2) is 5.48. The number of likely N-dealkylation sites (N-methyl/N-ethyl adjacent to an activating group) is 1. The van der Waals surface area contributed by atoms with E-state index in [4.69, 9.17) is 0 Å². The van der Waals surface area contributed by atoms with Crippen LogP contribution in [-0.4, -0.2) is 47.2 Å². The lowest BCUT2D eigenvalue weighted by Gasteiger charge is -2.13. The van der Waals surface area contributed by atoms with Gasteiger partial charge >= 0.3 is 0 Å². The third-order valence-electron chi connectivity index (χ3n) is 2.04. The van der Waals surface area contributed by atoms with Crippen LogP contribution in [0.15, 0.2) is 12.3 Å². The molecule has 0 saturated heterocycles. The molecule has 1 aromatic heterocycles. The quantitative estimate of drug-likeness (QED) is 0.467. The van der Waals surface area contributed by atoms with E-state index in [1.165, 1.54) is 7.05 Å². The van der Waals surface area contributed by atoms with E-state index < -0.39 is 23.7 Å². The summed E-state index contributed by atoms with van der Waals surface area (Å²) in [5.41, 5.74) is -0.192. The molecule has 0 aliphatic heterocycles. The highest BCUT2D eigenvalue weighted by molar-refractivity contribution is 5.96. The molecular formula is C9H11F2N3O3. The first-order valence-electron chi connectivity index (χ1n) is 4.73. The van der Waals surface area contributed by atoms with Crippen LogP contribution in [0, 0.1) is 10.1 Å². The molecule has 0 amide bonds. The second-order valence-electron chi connectivity index (χ2n) is 3.54. The molecule has 0 spiro atoms. The molecule has 0 aliphatic carbocycles. The highest BCUT2D eigenvalue weighted by atomic mass is 19.3. The van der Waals surface area contributed by atoms with E-state index in [2.05, 4.69) is 4.98 Å². The van der Waals surface area contributed by atoms with Crippen molar-refractivity contribution in [2.75, 3.05) is 20.1 Å². The van der Waals surface area contributed by atoms with E-state index in [-0.39, 0.29) is 17.9 Å². The lowest BCUT2D eigenvalue weighted by Crippen LogP contribution is -2.30. The topological polar surface area (TPSA) is 79.2 Å². The maximum atomic E-state index is 12.0. The Morgan fingerprint density at radius 2 is 2.29 bits per heavy atom. The predicted octanol–water partition coefficient (Wildman–Crippen LogP) is 1.30. The lowest BCUT2D eigenvalue weighted by atomic mass is 10.2. The SMILES string of the molecule is CN(CC(=O)c1cc([N+](=O)[O-])c[nH]1)CC(F)F. The predicted molar refractivity (Wildman–Crippen MR) is 55.3 cm³/mol. The van der Waals surface area contributed by atoms with Crippen molar-refractivity contribution in [3.63, 3.8) is 0 Å². The van der Waals surface area contributed by atoms with Gasteiger partial charge in [0.15, 0.2) is 5.78 Å². The van der Waals surface area contributed by atoms with Crippen LogP contribution in [0.1, 0.15) is 10.5 Å². The minimum absolute atomic E-state index is 0.0396. The Labute approximate surface area is 95.4 Å². The van der Waals surface area contributed by atoms with Gasteiger partial charge in [0.05, 0.1) is 29.9 Å². The summed E-state index contributed by atoms with van der Waals surface area (Å²) in [7, 11) is 1.38. The molecule has 0 radical (unpaired) electrons. The van der Waals surface area contributed by atoms with Gasteiger partial charge in [0.1, 0.15) is 0 Å². The number of hydrogen-bond acceptors (Lipinski definition) is 4. The number of nitro groups is 1. The number of H-pyrrole nitrogens is 1. The molecule has 0 saturated carbocycles. The second-order valence-corrected chi connectivity index (χ2v) is 3.54. The van der Waals surface area contributed by atoms with Gasteiger partial charge in [-0.25, -0.2) is 8.78 Å². The fraction of sp³-hybridized carbons (Fsp3) is 0.444. The molecule has 6 nitrogen and oxygen atoms in total. The van der Waals surface area contributed by atoms with E-state index in [1.54, 1.807) is 0 Å². The van der Waals surface area contributed by atoms with Crippen LogP contribution in [0.5, 0.6) is 0 Å². The van der Waals surface area contributed by atoms with Crippen LogP contribution in [0.2, 0.25) is 0 Å². The number of hydrogen-bond donors (Lipinski definition) is 1. The van der Waals surface area contributed by atoms with Crippen molar-refractivity contribution in [2.45, 2.75) is 6.43 Å². The summed E-state index contributed by atoms with van der Waals surface area (Å²) in [6.45, 7) is -0.740. The first-order chi connectivity index (χ1) is 7.90. The van der Waals surface area contributed by atoms with E-state index in [0.29, 0.717) is 0 Å². The van der Waals surface area contributed by atoms with Crippen LogP contribution in [0.3, 0.4) is 0 Å². The van der Waals surface area contributed by atoms with Gasteiger partial charge in [-0.1, -0.05) is 0 Å². The lowest BCUT2D eigenvalue weighted by molar-refractivity contribution is -0.384. The van der Waals surface area contributed by atoms with Crippen LogP contribution < -0.4 is 0 Å². The Kier molecular flexibility index (Phi) is 4.27. The van der Waals surface area contributed by atoms with Gasteiger partial charge in [-0.2, -0.15) is 0 Å². The third kappa shape index (κ3) is 3.91. The summed E-state index contributed by atoms with van der Waals surface area (Å²) < 4.78 is 24.0. The summed E-state index contributed by atoms with van der Waals surface area (Å²) in [6.07, 6.45) is -1.44. The fourth-order valence-corrected chi connectivity index (χ4v) is 1.28. The number of halogens is 2. The number of carbonyl (C=O) groups excluding carboxylic acids is 1. The summed E-state index contributed by atoms with van der Waals surface area (Å²) in [5, 5.41) is 10.4. The Bertz CT molecular complexity index is 419. The average Bonchev–Trinajstić information content (AvgIpc) is 2.64. The maximum Gasteiger partial charge on any atom is 0.287 e. The van der Waals surface area contributed by atoms with Crippen LogP contribution in [0.25, 0.3) is 0 Å². The normalized spacial score (nSPS) is 11.1. The number of aromatic amines is 1.